The molecule has 1 N–H and O–H groups in total. The molecule has 1 aliphatic rings. The van der Waals surface area contributed by atoms with E-state index < -0.39 is 0 Å². The number of imidazole rings is 1. The zero-order valence-electron chi connectivity index (χ0n) is 12.5. The van der Waals surface area contributed by atoms with Crippen LogP contribution in [-0.4, -0.2) is 28.7 Å². The van der Waals surface area contributed by atoms with Crippen LogP contribution in [0, 0.1) is 5.92 Å². The Labute approximate surface area is 120 Å². The monoisotopic (exact) mass is 273 g/mol. The van der Waals surface area contributed by atoms with Crippen molar-refractivity contribution < 1.29 is 4.74 Å². The Hall–Kier alpha value is -1.39. The quantitative estimate of drug-likeness (QED) is 0.914. The minimum absolute atomic E-state index is 0.0381. The average Bonchev–Trinajstić information content (AvgIpc) is 2.65. The highest BCUT2D eigenvalue weighted by atomic mass is 16.5. The molecule has 2 heterocycles. The van der Waals surface area contributed by atoms with E-state index in [2.05, 4.69) is 49.0 Å². The molecule has 0 saturated carbocycles. The van der Waals surface area contributed by atoms with Crippen LogP contribution in [0.4, 0.5) is 0 Å². The molecule has 1 aliphatic heterocycles. The average molecular weight is 273 g/mol. The van der Waals surface area contributed by atoms with Gasteiger partial charge in [0.1, 0.15) is 11.9 Å². The van der Waals surface area contributed by atoms with Crippen LogP contribution in [0.1, 0.15) is 32.2 Å². The molecule has 4 nitrogen and oxygen atoms in total. The normalized spacial score (nSPS) is 24.2. The van der Waals surface area contributed by atoms with Crippen molar-refractivity contribution in [1.29, 1.82) is 0 Å². The van der Waals surface area contributed by atoms with Crippen molar-refractivity contribution in [3.05, 3.63) is 30.1 Å². The van der Waals surface area contributed by atoms with Crippen molar-refractivity contribution >= 4 is 11.0 Å². The molecule has 0 aliphatic carbocycles. The number of nitrogens with zero attached hydrogens (tertiary/aromatic N) is 2. The Morgan fingerprint density at radius 2 is 2.15 bits per heavy atom. The first kappa shape index (κ1) is 13.6. The summed E-state index contributed by atoms with van der Waals surface area (Å²) in [7, 11) is 2.07. The lowest BCUT2D eigenvalue weighted by atomic mass is 10.0. The van der Waals surface area contributed by atoms with Crippen LogP contribution in [0.15, 0.2) is 24.3 Å². The summed E-state index contributed by atoms with van der Waals surface area (Å²) in [4.78, 5) is 4.75. The third kappa shape index (κ3) is 2.45. The van der Waals surface area contributed by atoms with Crippen molar-refractivity contribution in [2.45, 2.75) is 32.4 Å². The molecule has 0 radical (unpaired) electrons. The van der Waals surface area contributed by atoms with Gasteiger partial charge in [0.2, 0.25) is 0 Å². The molecule has 2 aromatic rings. The number of para-hydroxylation sites is 2. The molecule has 1 fully saturated rings. The second-order valence-corrected chi connectivity index (χ2v) is 5.92. The van der Waals surface area contributed by atoms with E-state index in [1.165, 1.54) is 0 Å². The van der Waals surface area contributed by atoms with Gasteiger partial charge in [-0.2, -0.15) is 0 Å². The number of hydrogen-bond acceptors (Lipinski definition) is 3. The summed E-state index contributed by atoms with van der Waals surface area (Å²) in [5, 5.41) is 3.62. The van der Waals surface area contributed by atoms with Gasteiger partial charge in [-0.15, -0.1) is 0 Å². The first-order valence-electron chi connectivity index (χ1n) is 7.43. The van der Waals surface area contributed by atoms with Gasteiger partial charge < -0.3 is 14.6 Å². The van der Waals surface area contributed by atoms with Gasteiger partial charge in [0.05, 0.1) is 11.0 Å². The van der Waals surface area contributed by atoms with E-state index in [1.54, 1.807) is 0 Å². The number of benzene rings is 1. The lowest BCUT2D eigenvalue weighted by Gasteiger charge is -2.19. The van der Waals surface area contributed by atoms with E-state index in [9.17, 15) is 0 Å². The first-order chi connectivity index (χ1) is 9.66. The molecule has 4 heteroatoms. The maximum Gasteiger partial charge on any atom is 0.140 e. The molecule has 1 saturated heterocycles. The van der Waals surface area contributed by atoms with Gasteiger partial charge in [-0.1, -0.05) is 26.0 Å². The number of nitrogens with one attached hydrogen (secondary N) is 1. The van der Waals surface area contributed by atoms with E-state index in [0.29, 0.717) is 12.0 Å². The minimum Gasteiger partial charge on any atom is -0.369 e. The molecule has 0 amide bonds. The molecule has 0 bridgehead atoms. The highest BCUT2D eigenvalue weighted by Gasteiger charge is 2.25. The van der Waals surface area contributed by atoms with Crippen LogP contribution in [0.3, 0.4) is 0 Å². The molecular formula is C16H23N3O. The van der Waals surface area contributed by atoms with Crippen LogP contribution in [0.25, 0.3) is 11.0 Å². The largest absolute Gasteiger partial charge is 0.369 e. The van der Waals surface area contributed by atoms with Gasteiger partial charge in [0.25, 0.3) is 0 Å². The SMILES string of the molecule is CC(C)C1CCOC(c2nc3ccccc3n2C)CN1. The Morgan fingerprint density at radius 1 is 1.35 bits per heavy atom. The van der Waals surface area contributed by atoms with Crippen LogP contribution < -0.4 is 5.32 Å². The third-order valence-electron chi connectivity index (χ3n) is 4.23. The molecule has 3 rings (SSSR count). The van der Waals surface area contributed by atoms with E-state index in [0.717, 1.165) is 36.4 Å². The number of rotatable bonds is 2. The zero-order valence-corrected chi connectivity index (χ0v) is 12.5. The highest BCUT2D eigenvalue weighted by molar-refractivity contribution is 5.75. The third-order valence-corrected chi connectivity index (χ3v) is 4.23. The Morgan fingerprint density at radius 3 is 2.90 bits per heavy atom. The molecule has 1 aromatic heterocycles. The van der Waals surface area contributed by atoms with Crippen LogP contribution in [-0.2, 0) is 11.8 Å². The van der Waals surface area contributed by atoms with Gasteiger partial charge in [-0.25, -0.2) is 4.98 Å². The van der Waals surface area contributed by atoms with Gasteiger partial charge >= 0.3 is 0 Å². The van der Waals surface area contributed by atoms with E-state index in [4.69, 9.17) is 9.72 Å². The van der Waals surface area contributed by atoms with Crippen molar-refractivity contribution in [2.75, 3.05) is 13.2 Å². The fourth-order valence-corrected chi connectivity index (χ4v) is 2.94. The summed E-state index contributed by atoms with van der Waals surface area (Å²) in [6.07, 6.45) is 1.11. The Kier molecular flexibility index (Phi) is 3.76. The van der Waals surface area contributed by atoms with E-state index >= 15 is 0 Å². The predicted molar refractivity (Wildman–Crippen MR) is 80.7 cm³/mol. The minimum atomic E-state index is 0.0381. The fraction of sp³-hybridized carbons (Fsp3) is 0.562. The van der Waals surface area contributed by atoms with Gasteiger partial charge in [0.15, 0.2) is 0 Å². The topological polar surface area (TPSA) is 39.1 Å². The predicted octanol–water partition coefficient (Wildman–Crippen LogP) is 2.65. The van der Waals surface area contributed by atoms with Gasteiger partial charge in [-0.05, 0) is 24.5 Å². The summed E-state index contributed by atoms with van der Waals surface area (Å²) in [6, 6.07) is 8.77. The fourth-order valence-electron chi connectivity index (χ4n) is 2.94. The number of aryl methyl sites for hydroxylation is 1. The second-order valence-electron chi connectivity index (χ2n) is 5.92. The number of fused-ring (bicyclic) bond motifs is 1. The zero-order chi connectivity index (χ0) is 14.1. The molecule has 2 atom stereocenters. The maximum atomic E-state index is 6.03. The molecule has 108 valence electrons. The number of hydrogen-bond donors (Lipinski definition) is 1. The summed E-state index contributed by atoms with van der Waals surface area (Å²) >= 11 is 0. The smallest absolute Gasteiger partial charge is 0.140 e. The van der Waals surface area contributed by atoms with Crippen LogP contribution in [0.5, 0.6) is 0 Å². The Bertz CT molecular complexity index is 590. The van der Waals surface area contributed by atoms with Crippen molar-refractivity contribution in [3.8, 4) is 0 Å². The van der Waals surface area contributed by atoms with Crippen LogP contribution >= 0.6 is 0 Å². The summed E-state index contributed by atoms with van der Waals surface area (Å²) in [5.74, 6) is 1.65. The molecule has 1 aromatic carbocycles. The standard InChI is InChI=1S/C16H23N3O/c1-11(2)12-8-9-20-15(10-17-12)16-18-13-6-4-5-7-14(13)19(16)3/h4-7,11-12,15,17H,8-10H2,1-3H3. The maximum absolute atomic E-state index is 6.03. The second kappa shape index (κ2) is 5.54. The Balaban J connectivity index is 1.86. The van der Waals surface area contributed by atoms with Gasteiger partial charge in [0, 0.05) is 26.2 Å². The molecule has 20 heavy (non-hydrogen) atoms. The van der Waals surface area contributed by atoms with Crippen molar-refractivity contribution in [2.24, 2.45) is 13.0 Å². The molecule has 2 unspecified atom stereocenters. The summed E-state index contributed by atoms with van der Waals surface area (Å²) in [5.41, 5.74) is 2.20. The summed E-state index contributed by atoms with van der Waals surface area (Å²) in [6.45, 7) is 6.14. The first-order valence-corrected chi connectivity index (χ1v) is 7.43. The lowest BCUT2D eigenvalue weighted by molar-refractivity contribution is 0.0584. The van der Waals surface area contributed by atoms with E-state index in [-0.39, 0.29) is 6.10 Å². The molecular weight excluding hydrogens is 250 g/mol. The number of aromatic nitrogens is 2. The summed E-state index contributed by atoms with van der Waals surface area (Å²) < 4.78 is 8.18. The van der Waals surface area contributed by atoms with E-state index in [1.807, 2.05) is 6.07 Å². The lowest BCUT2D eigenvalue weighted by Crippen LogP contribution is -2.35. The van der Waals surface area contributed by atoms with Crippen molar-refractivity contribution in [1.82, 2.24) is 14.9 Å². The number of ether oxygens (including phenoxy) is 1. The van der Waals surface area contributed by atoms with Crippen molar-refractivity contribution in [3.63, 3.8) is 0 Å². The van der Waals surface area contributed by atoms with Crippen LogP contribution in [0.2, 0.25) is 0 Å². The molecule has 0 spiro atoms. The highest BCUT2D eigenvalue weighted by Crippen LogP contribution is 2.24. The van der Waals surface area contributed by atoms with Gasteiger partial charge in [-0.3, -0.25) is 0 Å².